The Morgan fingerprint density at radius 3 is 2.48 bits per heavy atom. The molecule has 1 saturated heterocycles. The lowest BCUT2D eigenvalue weighted by Crippen LogP contribution is -2.35. The van der Waals surface area contributed by atoms with E-state index in [1.165, 1.54) is 17.0 Å². The Labute approximate surface area is 121 Å². The first-order valence-corrected chi connectivity index (χ1v) is 6.56. The Hall–Kier alpha value is -2.44. The molecule has 2 rings (SSSR count). The van der Waals surface area contributed by atoms with Crippen LogP contribution < -0.4 is 0 Å². The van der Waals surface area contributed by atoms with Gasteiger partial charge in [-0.2, -0.15) is 0 Å². The highest BCUT2D eigenvalue weighted by molar-refractivity contribution is 5.82. The number of hydrogen-bond donors (Lipinski definition) is 1. The largest absolute Gasteiger partial charge is 0.481 e. The minimum atomic E-state index is -0.895. The van der Waals surface area contributed by atoms with Crippen molar-refractivity contribution in [1.29, 1.82) is 0 Å². The van der Waals surface area contributed by atoms with Gasteiger partial charge in [0, 0.05) is 25.2 Å². The first kappa shape index (κ1) is 15.0. The van der Waals surface area contributed by atoms with Gasteiger partial charge in [0.15, 0.2) is 0 Å². The number of nitrogens with zero attached hydrogens (tertiary/aromatic N) is 2. The molecule has 1 aromatic carbocycles. The Balaban J connectivity index is 1.99. The van der Waals surface area contributed by atoms with Crippen LogP contribution in [0.25, 0.3) is 0 Å². The number of carboxylic acid groups (broad SMARTS) is 1. The molecule has 1 aliphatic heterocycles. The summed E-state index contributed by atoms with van der Waals surface area (Å²) in [4.78, 5) is 34.9. The highest BCUT2D eigenvalue weighted by Gasteiger charge is 2.41. The number of aliphatic carboxylic acids is 1. The topological polar surface area (TPSA) is 101 Å². The number of amides is 1. The van der Waals surface area contributed by atoms with E-state index in [9.17, 15) is 19.7 Å². The van der Waals surface area contributed by atoms with Gasteiger partial charge >= 0.3 is 5.97 Å². The average Bonchev–Trinajstić information content (AvgIpc) is 2.83. The van der Waals surface area contributed by atoms with Gasteiger partial charge in [-0.05, 0) is 18.9 Å². The van der Waals surface area contributed by atoms with Crippen molar-refractivity contribution in [2.75, 3.05) is 13.1 Å². The van der Waals surface area contributed by atoms with Gasteiger partial charge in [-0.3, -0.25) is 19.7 Å². The minimum Gasteiger partial charge on any atom is -0.481 e. The van der Waals surface area contributed by atoms with Crippen molar-refractivity contribution in [2.24, 2.45) is 5.41 Å². The Morgan fingerprint density at radius 1 is 1.38 bits per heavy atom. The number of carboxylic acids is 1. The van der Waals surface area contributed by atoms with Crippen molar-refractivity contribution >= 4 is 17.6 Å². The number of non-ortho nitro benzene ring substituents is 1. The summed E-state index contributed by atoms with van der Waals surface area (Å²) in [6.07, 6.45) is 0.558. The van der Waals surface area contributed by atoms with Crippen molar-refractivity contribution in [2.45, 2.75) is 19.8 Å². The lowest BCUT2D eigenvalue weighted by Gasteiger charge is -2.20. The van der Waals surface area contributed by atoms with Gasteiger partial charge in [0.05, 0.1) is 16.8 Å². The standard InChI is InChI=1S/C14H16N2O5/c1-14(13(18)19)6-7-15(9-14)12(17)8-10-2-4-11(5-3-10)16(20)21/h2-5H,6-9H2,1H3,(H,18,19). The molecule has 112 valence electrons. The maximum Gasteiger partial charge on any atom is 0.311 e. The molecule has 7 nitrogen and oxygen atoms in total. The first-order valence-electron chi connectivity index (χ1n) is 6.56. The molecule has 1 atom stereocenters. The summed E-state index contributed by atoms with van der Waals surface area (Å²) in [5.74, 6) is -1.05. The smallest absolute Gasteiger partial charge is 0.311 e. The molecule has 1 unspecified atom stereocenters. The third kappa shape index (κ3) is 3.18. The van der Waals surface area contributed by atoms with Crippen LogP contribution in [0.3, 0.4) is 0 Å². The lowest BCUT2D eigenvalue weighted by atomic mass is 9.90. The summed E-state index contributed by atoms with van der Waals surface area (Å²) >= 11 is 0. The second-order valence-electron chi connectivity index (χ2n) is 5.53. The van der Waals surface area contributed by atoms with Crippen LogP contribution in [0.15, 0.2) is 24.3 Å². The molecule has 0 spiro atoms. The zero-order valence-corrected chi connectivity index (χ0v) is 11.6. The molecule has 1 amide bonds. The first-order chi connectivity index (χ1) is 9.82. The van der Waals surface area contributed by atoms with Crippen LogP contribution in [-0.2, 0) is 16.0 Å². The minimum absolute atomic E-state index is 0.0224. The second-order valence-corrected chi connectivity index (χ2v) is 5.53. The van der Waals surface area contributed by atoms with E-state index in [-0.39, 0.29) is 24.6 Å². The molecule has 0 saturated carbocycles. The van der Waals surface area contributed by atoms with Crippen LogP contribution in [0.1, 0.15) is 18.9 Å². The summed E-state index contributed by atoms with van der Waals surface area (Å²) in [7, 11) is 0. The fraction of sp³-hybridized carbons (Fsp3) is 0.429. The summed E-state index contributed by atoms with van der Waals surface area (Å²) in [5, 5.41) is 19.7. The van der Waals surface area contributed by atoms with E-state index in [4.69, 9.17) is 5.11 Å². The van der Waals surface area contributed by atoms with Crippen molar-refractivity contribution in [3.63, 3.8) is 0 Å². The highest BCUT2D eigenvalue weighted by Crippen LogP contribution is 2.30. The number of benzene rings is 1. The average molecular weight is 292 g/mol. The van der Waals surface area contributed by atoms with E-state index in [0.29, 0.717) is 18.5 Å². The number of rotatable bonds is 4. The lowest BCUT2D eigenvalue weighted by molar-refractivity contribution is -0.384. The van der Waals surface area contributed by atoms with Crippen LogP contribution in [0.4, 0.5) is 5.69 Å². The molecular formula is C14H16N2O5. The number of carbonyl (C=O) groups is 2. The summed E-state index contributed by atoms with van der Waals surface area (Å²) in [6.45, 7) is 2.26. The fourth-order valence-corrected chi connectivity index (χ4v) is 2.37. The van der Waals surface area contributed by atoms with Crippen molar-refractivity contribution in [1.82, 2.24) is 4.90 Å². The number of hydrogen-bond acceptors (Lipinski definition) is 4. The molecule has 0 bridgehead atoms. The van der Waals surface area contributed by atoms with Crippen LogP contribution in [-0.4, -0.2) is 39.9 Å². The van der Waals surface area contributed by atoms with Crippen molar-refractivity contribution in [3.8, 4) is 0 Å². The Bertz CT molecular complexity index is 584. The normalized spacial score (nSPS) is 21.3. The zero-order chi connectivity index (χ0) is 15.6. The molecule has 1 heterocycles. The van der Waals surface area contributed by atoms with Crippen molar-refractivity contribution < 1.29 is 19.6 Å². The van der Waals surface area contributed by atoms with Crippen LogP contribution >= 0.6 is 0 Å². The second kappa shape index (κ2) is 5.51. The molecule has 7 heteroatoms. The molecule has 1 aromatic rings. The van der Waals surface area contributed by atoms with E-state index >= 15 is 0 Å². The van der Waals surface area contributed by atoms with Crippen LogP contribution in [0.2, 0.25) is 0 Å². The fourth-order valence-electron chi connectivity index (χ4n) is 2.37. The van der Waals surface area contributed by atoms with E-state index in [2.05, 4.69) is 0 Å². The van der Waals surface area contributed by atoms with Crippen LogP contribution in [0.5, 0.6) is 0 Å². The van der Waals surface area contributed by atoms with Crippen molar-refractivity contribution in [3.05, 3.63) is 39.9 Å². The van der Waals surface area contributed by atoms with Gasteiger partial charge in [0.1, 0.15) is 0 Å². The predicted molar refractivity (Wildman–Crippen MR) is 73.7 cm³/mol. The third-order valence-corrected chi connectivity index (χ3v) is 3.84. The number of carbonyl (C=O) groups excluding carboxylic acids is 1. The molecule has 1 fully saturated rings. The monoisotopic (exact) mass is 292 g/mol. The predicted octanol–water partition coefficient (Wildman–Crippen LogP) is 1.46. The molecule has 0 aromatic heterocycles. The maximum atomic E-state index is 12.1. The van der Waals surface area contributed by atoms with E-state index < -0.39 is 16.3 Å². The molecular weight excluding hydrogens is 276 g/mol. The van der Waals surface area contributed by atoms with Gasteiger partial charge < -0.3 is 10.0 Å². The van der Waals surface area contributed by atoms with Gasteiger partial charge in [0.25, 0.3) is 5.69 Å². The molecule has 21 heavy (non-hydrogen) atoms. The summed E-state index contributed by atoms with van der Waals surface area (Å²) < 4.78 is 0. The van der Waals surface area contributed by atoms with Gasteiger partial charge in [-0.15, -0.1) is 0 Å². The quantitative estimate of drug-likeness (QED) is 0.668. The van der Waals surface area contributed by atoms with E-state index in [1.807, 2.05) is 0 Å². The van der Waals surface area contributed by atoms with Gasteiger partial charge in [-0.25, -0.2) is 0 Å². The Kier molecular flexibility index (Phi) is 3.93. The molecule has 0 radical (unpaired) electrons. The third-order valence-electron chi connectivity index (χ3n) is 3.84. The highest BCUT2D eigenvalue weighted by atomic mass is 16.6. The molecule has 1 N–H and O–H groups in total. The number of likely N-dealkylation sites (tertiary alicyclic amines) is 1. The van der Waals surface area contributed by atoms with E-state index in [1.54, 1.807) is 19.1 Å². The summed E-state index contributed by atoms with van der Waals surface area (Å²) in [6, 6.07) is 5.80. The van der Waals surface area contributed by atoms with Crippen LogP contribution in [0, 0.1) is 15.5 Å². The SMILES string of the molecule is CC1(C(=O)O)CCN(C(=O)Cc2ccc([N+](=O)[O-])cc2)C1. The number of nitro groups is 1. The van der Waals surface area contributed by atoms with Gasteiger partial charge in [0.2, 0.25) is 5.91 Å². The summed E-state index contributed by atoms with van der Waals surface area (Å²) in [5.41, 5.74) is -0.231. The molecule has 0 aliphatic carbocycles. The maximum absolute atomic E-state index is 12.1. The Morgan fingerprint density at radius 2 is 2.00 bits per heavy atom. The molecule has 1 aliphatic rings. The number of nitro benzene ring substituents is 1. The van der Waals surface area contributed by atoms with Gasteiger partial charge in [-0.1, -0.05) is 12.1 Å². The zero-order valence-electron chi connectivity index (χ0n) is 11.6. The van der Waals surface area contributed by atoms with E-state index in [0.717, 1.165) is 0 Å².